The van der Waals surface area contributed by atoms with Crippen LogP contribution in [0.3, 0.4) is 0 Å². The number of hydrogen-bond donors (Lipinski definition) is 1. The highest BCUT2D eigenvalue weighted by molar-refractivity contribution is 5.26. The van der Waals surface area contributed by atoms with Crippen molar-refractivity contribution < 1.29 is 0 Å². The van der Waals surface area contributed by atoms with E-state index in [-0.39, 0.29) is 6.04 Å². The van der Waals surface area contributed by atoms with E-state index in [2.05, 4.69) is 10.2 Å². The van der Waals surface area contributed by atoms with Gasteiger partial charge in [-0.15, -0.1) is 0 Å². The third-order valence-corrected chi connectivity index (χ3v) is 2.26. The topological polar surface area (TPSA) is 45.2 Å². The maximum Gasteiger partial charge on any atom is 0.119 e. The quantitative estimate of drug-likeness (QED) is 0.612. The summed E-state index contributed by atoms with van der Waals surface area (Å²) >= 11 is 0. The minimum atomic E-state index is -0.0926. The summed E-state index contributed by atoms with van der Waals surface area (Å²) in [4.78, 5) is 13.5. The third-order valence-electron chi connectivity index (χ3n) is 2.26. The number of hydrogen-bond acceptors (Lipinski definition) is 2. The predicted molar refractivity (Wildman–Crippen MR) is 42.3 cm³/mol. The first-order valence-electron chi connectivity index (χ1n) is 3.90. The Kier molecular flexibility index (Phi) is 1.49. The lowest BCUT2D eigenvalue weighted by Crippen LogP contribution is -2.05. The number of fused-ring (bicyclic) bond motifs is 1. The number of aromatic nitrogens is 1. The summed E-state index contributed by atoms with van der Waals surface area (Å²) in [6.45, 7) is 0. The second-order valence-corrected chi connectivity index (χ2v) is 2.93. The molecule has 1 aliphatic carbocycles. The van der Waals surface area contributed by atoms with Crippen molar-refractivity contribution in [3.8, 4) is 0 Å². The molecule has 0 aromatic carbocycles. The maximum atomic E-state index is 10.4. The number of rotatable bonds is 1. The highest BCUT2D eigenvalue weighted by Crippen LogP contribution is 2.31. The van der Waals surface area contributed by atoms with Crippen LogP contribution in [0.25, 0.3) is 0 Å². The number of H-pyrrole nitrogens is 1. The zero-order chi connectivity index (χ0) is 7.68. The fraction of sp³-hybridized carbons (Fsp3) is 0.500. The van der Waals surface area contributed by atoms with Gasteiger partial charge in [0.1, 0.15) is 6.04 Å². The number of nitrogens with zero attached hydrogens (tertiary/aromatic N) is 1. The Balaban J connectivity index is 2.39. The van der Waals surface area contributed by atoms with Crippen LogP contribution in [-0.4, -0.2) is 4.98 Å². The average molecular weight is 150 g/mol. The second kappa shape index (κ2) is 2.49. The van der Waals surface area contributed by atoms with Crippen molar-refractivity contribution in [2.45, 2.75) is 25.3 Å². The van der Waals surface area contributed by atoms with Gasteiger partial charge in [0.25, 0.3) is 0 Å². The molecule has 58 valence electrons. The molecule has 1 N–H and O–H groups in total. The van der Waals surface area contributed by atoms with Gasteiger partial charge in [-0.2, -0.15) is 4.91 Å². The van der Waals surface area contributed by atoms with Crippen molar-refractivity contribution in [2.24, 2.45) is 5.18 Å². The van der Waals surface area contributed by atoms with E-state index in [1.165, 1.54) is 5.69 Å². The lowest BCUT2D eigenvalue weighted by atomic mass is 9.94. The number of aryl methyl sites for hydroxylation is 1. The first-order chi connectivity index (χ1) is 5.42. The van der Waals surface area contributed by atoms with E-state index in [9.17, 15) is 4.91 Å². The summed E-state index contributed by atoms with van der Waals surface area (Å²) in [5.74, 6) is 0. The molecular formula is C8H10N2O. The van der Waals surface area contributed by atoms with E-state index >= 15 is 0 Å². The van der Waals surface area contributed by atoms with Crippen molar-refractivity contribution in [2.75, 3.05) is 0 Å². The molecule has 0 spiro atoms. The van der Waals surface area contributed by atoms with E-state index in [0.29, 0.717) is 0 Å². The maximum absolute atomic E-state index is 10.4. The van der Waals surface area contributed by atoms with Crippen LogP contribution in [0.4, 0.5) is 0 Å². The Hall–Kier alpha value is -1.12. The summed E-state index contributed by atoms with van der Waals surface area (Å²) in [7, 11) is 0. The van der Waals surface area contributed by atoms with Crippen molar-refractivity contribution in [3.63, 3.8) is 0 Å². The molecule has 0 amide bonds. The molecule has 1 aromatic rings. The van der Waals surface area contributed by atoms with Gasteiger partial charge < -0.3 is 4.98 Å². The monoisotopic (exact) mass is 150 g/mol. The fourth-order valence-corrected chi connectivity index (χ4v) is 1.68. The number of nitrogens with one attached hydrogen (secondary N) is 1. The van der Waals surface area contributed by atoms with Gasteiger partial charge in [0.05, 0.1) is 0 Å². The lowest BCUT2D eigenvalue weighted by molar-refractivity contribution is 0.565. The van der Waals surface area contributed by atoms with E-state index in [4.69, 9.17) is 0 Å². The second-order valence-electron chi connectivity index (χ2n) is 2.93. The molecule has 1 atom stereocenters. The summed E-state index contributed by atoms with van der Waals surface area (Å²) < 4.78 is 0. The van der Waals surface area contributed by atoms with Crippen LogP contribution in [0.1, 0.15) is 30.1 Å². The zero-order valence-electron chi connectivity index (χ0n) is 6.21. The van der Waals surface area contributed by atoms with Gasteiger partial charge in [0.15, 0.2) is 0 Å². The van der Waals surface area contributed by atoms with Gasteiger partial charge >= 0.3 is 0 Å². The molecular weight excluding hydrogens is 140 g/mol. The van der Waals surface area contributed by atoms with Gasteiger partial charge in [-0.25, -0.2) is 0 Å². The van der Waals surface area contributed by atoms with Crippen LogP contribution in [0.15, 0.2) is 17.4 Å². The number of nitroso groups, excluding NO2 is 1. The molecule has 0 saturated carbocycles. The SMILES string of the molecule is O=NC1CCCc2[nH]ccc21. The molecule has 0 aliphatic heterocycles. The summed E-state index contributed by atoms with van der Waals surface area (Å²) in [5.41, 5.74) is 2.30. The Labute approximate surface area is 64.8 Å². The highest BCUT2D eigenvalue weighted by atomic mass is 16.3. The standard InChI is InChI=1S/C8H10N2O/c11-10-8-3-1-2-7-6(8)4-5-9-7/h4-5,8-9H,1-3H2. The van der Waals surface area contributed by atoms with E-state index in [1.54, 1.807) is 0 Å². The van der Waals surface area contributed by atoms with Gasteiger partial charge in [0, 0.05) is 17.5 Å². The van der Waals surface area contributed by atoms with Gasteiger partial charge in [-0.05, 0) is 25.3 Å². The van der Waals surface area contributed by atoms with E-state index in [0.717, 1.165) is 24.8 Å². The Morgan fingerprint density at radius 1 is 1.64 bits per heavy atom. The van der Waals surface area contributed by atoms with E-state index < -0.39 is 0 Å². The third kappa shape index (κ3) is 0.964. The number of aromatic amines is 1. The predicted octanol–water partition coefficient (Wildman–Crippen LogP) is 2.16. The van der Waals surface area contributed by atoms with Crippen LogP contribution in [0.5, 0.6) is 0 Å². The molecule has 3 heteroatoms. The molecule has 1 heterocycles. The first kappa shape index (κ1) is 6.58. The smallest absolute Gasteiger partial charge is 0.119 e. The molecule has 11 heavy (non-hydrogen) atoms. The molecule has 2 rings (SSSR count). The Morgan fingerprint density at radius 2 is 2.55 bits per heavy atom. The van der Waals surface area contributed by atoms with Crippen molar-refractivity contribution in [1.29, 1.82) is 0 Å². The van der Waals surface area contributed by atoms with Crippen LogP contribution in [-0.2, 0) is 6.42 Å². The van der Waals surface area contributed by atoms with Crippen molar-refractivity contribution >= 4 is 0 Å². The normalized spacial score (nSPS) is 22.7. The fourth-order valence-electron chi connectivity index (χ4n) is 1.68. The molecule has 0 bridgehead atoms. The summed E-state index contributed by atoms with van der Waals surface area (Å²) in [6.07, 6.45) is 4.93. The lowest BCUT2D eigenvalue weighted by Gasteiger charge is -2.15. The van der Waals surface area contributed by atoms with Gasteiger partial charge in [0.2, 0.25) is 0 Å². The summed E-state index contributed by atoms with van der Waals surface area (Å²) in [6, 6.07) is 1.87. The molecule has 0 saturated heterocycles. The Bertz CT molecular complexity index is 267. The summed E-state index contributed by atoms with van der Waals surface area (Å²) in [5, 5.41) is 3.09. The largest absolute Gasteiger partial charge is 0.365 e. The molecule has 1 aromatic heterocycles. The van der Waals surface area contributed by atoms with Crippen LogP contribution < -0.4 is 0 Å². The highest BCUT2D eigenvalue weighted by Gasteiger charge is 2.20. The molecule has 1 unspecified atom stereocenters. The van der Waals surface area contributed by atoms with Crippen molar-refractivity contribution in [3.05, 3.63) is 28.4 Å². The van der Waals surface area contributed by atoms with Crippen LogP contribution >= 0.6 is 0 Å². The van der Waals surface area contributed by atoms with Crippen molar-refractivity contribution in [1.82, 2.24) is 4.98 Å². The Morgan fingerprint density at radius 3 is 3.36 bits per heavy atom. The minimum absolute atomic E-state index is 0.0926. The first-order valence-corrected chi connectivity index (χ1v) is 3.90. The van der Waals surface area contributed by atoms with Gasteiger partial charge in [-0.1, -0.05) is 5.18 Å². The minimum Gasteiger partial charge on any atom is -0.365 e. The van der Waals surface area contributed by atoms with Crippen LogP contribution in [0, 0.1) is 4.91 Å². The van der Waals surface area contributed by atoms with E-state index in [1.807, 2.05) is 12.3 Å². The molecule has 1 aliphatic rings. The zero-order valence-corrected chi connectivity index (χ0v) is 6.21. The van der Waals surface area contributed by atoms with Gasteiger partial charge in [-0.3, -0.25) is 0 Å². The average Bonchev–Trinajstić information content (AvgIpc) is 2.50. The van der Waals surface area contributed by atoms with Crippen LogP contribution in [0.2, 0.25) is 0 Å². The molecule has 3 nitrogen and oxygen atoms in total. The molecule has 0 fully saturated rings. The molecule has 0 radical (unpaired) electrons.